The minimum Gasteiger partial charge on any atom is -0.495 e. The summed E-state index contributed by atoms with van der Waals surface area (Å²) in [5, 5.41) is 0.287. The number of methoxy groups -OCH3 is 1. The lowest BCUT2D eigenvalue weighted by molar-refractivity contribution is -0.144. The Hall–Kier alpha value is -1.73. The second kappa shape index (κ2) is 5.81. The molecule has 2 aromatic rings. The summed E-state index contributed by atoms with van der Waals surface area (Å²) < 4.78 is 43.7. The van der Waals surface area contributed by atoms with E-state index in [1.165, 1.54) is 19.2 Å². The maximum Gasteiger partial charge on any atom is 0.433 e. The van der Waals surface area contributed by atoms with Crippen LogP contribution in [-0.4, -0.2) is 16.7 Å². The molecule has 0 aliphatic heterocycles. The van der Waals surface area contributed by atoms with Gasteiger partial charge in [-0.2, -0.15) is 13.2 Å². The van der Waals surface area contributed by atoms with Gasteiger partial charge in [0.1, 0.15) is 17.1 Å². The van der Waals surface area contributed by atoms with E-state index in [9.17, 15) is 18.0 Å². The fourth-order valence-corrected chi connectivity index (χ4v) is 2.40. The lowest BCUT2D eigenvalue weighted by atomic mass is 10.1. The molecule has 0 fully saturated rings. The molecule has 0 spiro atoms. The lowest BCUT2D eigenvalue weighted by Gasteiger charge is -2.13. The Bertz CT molecular complexity index is 788. The van der Waals surface area contributed by atoms with Crippen LogP contribution in [0.3, 0.4) is 0 Å². The van der Waals surface area contributed by atoms with Gasteiger partial charge in [-0.05, 0) is 12.1 Å². The molecular formula is C13H9Cl2F3N2O2. The molecule has 0 saturated heterocycles. The Kier molecular flexibility index (Phi) is 4.39. The highest BCUT2D eigenvalue weighted by Crippen LogP contribution is 2.35. The number of hydrogen-bond acceptors (Lipinski definition) is 3. The van der Waals surface area contributed by atoms with Gasteiger partial charge in [0.15, 0.2) is 0 Å². The molecule has 0 N–H and O–H groups in total. The quantitative estimate of drug-likeness (QED) is 0.825. The molecule has 22 heavy (non-hydrogen) atoms. The molecule has 2 rings (SSSR count). The van der Waals surface area contributed by atoms with Crippen molar-refractivity contribution >= 4 is 23.2 Å². The third kappa shape index (κ3) is 2.91. The molecule has 0 unspecified atom stereocenters. The molecular weight excluding hydrogens is 344 g/mol. The van der Waals surface area contributed by atoms with E-state index >= 15 is 0 Å². The summed E-state index contributed by atoms with van der Waals surface area (Å²) in [6.45, 7) is 0. The van der Waals surface area contributed by atoms with Crippen molar-refractivity contribution in [2.45, 2.75) is 6.18 Å². The number of alkyl halides is 3. The summed E-state index contributed by atoms with van der Waals surface area (Å²) in [4.78, 5) is 15.7. The van der Waals surface area contributed by atoms with E-state index in [2.05, 4.69) is 4.98 Å². The van der Waals surface area contributed by atoms with E-state index in [0.717, 1.165) is 7.05 Å². The number of rotatable bonds is 2. The SMILES string of the molecule is COc1cc(-c2ncc(C(F)(F)F)n(C)c2=O)c(Cl)cc1Cl. The van der Waals surface area contributed by atoms with Crippen LogP contribution in [0.5, 0.6) is 5.75 Å². The van der Waals surface area contributed by atoms with Crippen molar-refractivity contribution in [1.82, 2.24) is 9.55 Å². The van der Waals surface area contributed by atoms with Gasteiger partial charge in [-0.15, -0.1) is 0 Å². The second-order valence-electron chi connectivity index (χ2n) is 4.32. The largest absolute Gasteiger partial charge is 0.495 e. The van der Waals surface area contributed by atoms with Gasteiger partial charge in [-0.3, -0.25) is 4.79 Å². The van der Waals surface area contributed by atoms with Gasteiger partial charge in [-0.1, -0.05) is 23.2 Å². The van der Waals surface area contributed by atoms with E-state index in [-0.39, 0.29) is 27.1 Å². The van der Waals surface area contributed by atoms with Crippen molar-refractivity contribution in [3.8, 4) is 17.0 Å². The predicted octanol–water partition coefficient (Wildman–Crippen LogP) is 3.78. The third-order valence-corrected chi connectivity index (χ3v) is 3.58. The molecule has 0 amide bonds. The minimum atomic E-state index is -4.68. The molecule has 1 aromatic carbocycles. The molecule has 4 nitrogen and oxygen atoms in total. The number of benzene rings is 1. The molecule has 1 heterocycles. The first-order chi connectivity index (χ1) is 10.2. The van der Waals surface area contributed by atoms with Crippen molar-refractivity contribution in [2.75, 3.05) is 7.11 Å². The van der Waals surface area contributed by atoms with Crippen LogP contribution in [0.4, 0.5) is 13.2 Å². The fraction of sp³-hybridized carbons (Fsp3) is 0.231. The van der Waals surface area contributed by atoms with Gasteiger partial charge in [-0.25, -0.2) is 4.98 Å². The maximum absolute atomic E-state index is 12.8. The van der Waals surface area contributed by atoms with Crippen molar-refractivity contribution in [3.63, 3.8) is 0 Å². The van der Waals surface area contributed by atoms with Gasteiger partial charge in [0.05, 0.1) is 23.4 Å². The van der Waals surface area contributed by atoms with Crippen LogP contribution in [-0.2, 0) is 13.2 Å². The Morgan fingerprint density at radius 2 is 1.86 bits per heavy atom. The van der Waals surface area contributed by atoms with Gasteiger partial charge in [0, 0.05) is 12.6 Å². The highest BCUT2D eigenvalue weighted by atomic mass is 35.5. The molecule has 0 atom stereocenters. The Morgan fingerprint density at radius 3 is 2.41 bits per heavy atom. The summed E-state index contributed by atoms with van der Waals surface area (Å²) in [6, 6.07) is 2.68. The van der Waals surface area contributed by atoms with Gasteiger partial charge in [0.25, 0.3) is 5.56 Å². The number of nitrogens with zero attached hydrogens (tertiary/aromatic N) is 2. The van der Waals surface area contributed by atoms with Crippen molar-refractivity contribution < 1.29 is 17.9 Å². The first-order valence-corrected chi connectivity index (χ1v) is 6.59. The van der Waals surface area contributed by atoms with Crippen molar-refractivity contribution in [1.29, 1.82) is 0 Å². The van der Waals surface area contributed by atoms with Crippen LogP contribution in [0.2, 0.25) is 10.0 Å². The van der Waals surface area contributed by atoms with Gasteiger partial charge < -0.3 is 9.30 Å². The molecule has 0 aliphatic carbocycles. The Morgan fingerprint density at radius 1 is 1.23 bits per heavy atom. The van der Waals surface area contributed by atoms with E-state index in [1.54, 1.807) is 0 Å². The van der Waals surface area contributed by atoms with Crippen LogP contribution < -0.4 is 10.3 Å². The van der Waals surface area contributed by atoms with E-state index in [1.807, 2.05) is 0 Å². The zero-order valence-electron chi connectivity index (χ0n) is 11.3. The van der Waals surface area contributed by atoms with Crippen LogP contribution in [0.1, 0.15) is 5.69 Å². The molecule has 9 heteroatoms. The van der Waals surface area contributed by atoms with Gasteiger partial charge >= 0.3 is 6.18 Å². The molecule has 0 bridgehead atoms. The van der Waals surface area contributed by atoms with E-state index < -0.39 is 17.4 Å². The monoisotopic (exact) mass is 352 g/mol. The number of hydrogen-bond donors (Lipinski definition) is 0. The smallest absolute Gasteiger partial charge is 0.433 e. The highest BCUT2D eigenvalue weighted by Gasteiger charge is 2.34. The minimum absolute atomic E-state index is 0.0789. The normalized spacial score (nSPS) is 11.6. The van der Waals surface area contributed by atoms with Crippen molar-refractivity contribution in [3.05, 3.63) is 44.4 Å². The average molecular weight is 353 g/mol. The van der Waals surface area contributed by atoms with Crippen LogP contribution >= 0.6 is 23.2 Å². The summed E-state index contributed by atoms with van der Waals surface area (Å²) >= 11 is 11.9. The van der Waals surface area contributed by atoms with Gasteiger partial charge in [0.2, 0.25) is 0 Å². The summed E-state index contributed by atoms with van der Waals surface area (Å²) in [6.07, 6.45) is -4.10. The average Bonchev–Trinajstić information content (AvgIpc) is 2.41. The number of ether oxygens (including phenoxy) is 1. The van der Waals surface area contributed by atoms with Crippen LogP contribution in [0, 0.1) is 0 Å². The Labute approximate surface area is 133 Å². The lowest BCUT2D eigenvalue weighted by Crippen LogP contribution is -2.27. The third-order valence-electron chi connectivity index (χ3n) is 2.97. The summed E-state index contributed by atoms with van der Waals surface area (Å²) in [7, 11) is 2.37. The molecule has 118 valence electrons. The molecule has 0 radical (unpaired) electrons. The predicted molar refractivity (Wildman–Crippen MR) is 76.5 cm³/mol. The first kappa shape index (κ1) is 16.6. The van der Waals surface area contributed by atoms with Crippen molar-refractivity contribution in [2.24, 2.45) is 7.05 Å². The Balaban J connectivity index is 2.70. The zero-order valence-corrected chi connectivity index (χ0v) is 12.8. The van der Waals surface area contributed by atoms with E-state index in [4.69, 9.17) is 27.9 Å². The van der Waals surface area contributed by atoms with Crippen LogP contribution in [0.15, 0.2) is 23.1 Å². The first-order valence-electron chi connectivity index (χ1n) is 5.83. The number of aromatic nitrogens is 2. The zero-order chi connectivity index (χ0) is 16.7. The standard InChI is InChI=1S/C13H9Cl2F3N2O2/c1-20-10(13(16,17)18)5-19-11(12(20)21)6-3-9(22-2)8(15)4-7(6)14/h3-5H,1-2H3. The molecule has 1 aromatic heterocycles. The highest BCUT2D eigenvalue weighted by molar-refractivity contribution is 6.37. The second-order valence-corrected chi connectivity index (χ2v) is 5.13. The van der Waals surface area contributed by atoms with E-state index in [0.29, 0.717) is 10.8 Å². The number of halogens is 5. The maximum atomic E-state index is 12.8. The van der Waals surface area contributed by atoms with Crippen LogP contribution in [0.25, 0.3) is 11.3 Å². The molecule has 0 aliphatic rings. The fourth-order valence-electron chi connectivity index (χ4n) is 1.85. The summed E-state index contributed by atoms with van der Waals surface area (Å²) in [5.74, 6) is 0.227. The topological polar surface area (TPSA) is 44.1 Å². The summed E-state index contributed by atoms with van der Waals surface area (Å²) in [5.41, 5.74) is -2.17. The molecule has 0 saturated carbocycles.